The number of hydrogen-bond donors (Lipinski definition) is 0. The second-order valence-electron chi connectivity index (χ2n) is 4.92. The van der Waals surface area contributed by atoms with Crippen LogP contribution < -0.4 is 9.64 Å². The van der Waals surface area contributed by atoms with Crippen molar-refractivity contribution in [1.82, 2.24) is 0 Å². The molecule has 0 saturated heterocycles. The second kappa shape index (κ2) is 5.31. The van der Waals surface area contributed by atoms with Gasteiger partial charge in [0.05, 0.1) is 17.7 Å². The van der Waals surface area contributed by atoms with Gasteiger partial charge in [0.15, 0.2) is 27.2 Å². The lowest BCUT2D eigenvalue weighted by atomic mass is 10.1. The quantitative estimate of drug-likeness (QED) is 0.843. The number of carbonyl (C=O) groups excluding carboxylic acids is 1. The van der Waals surface area contributed by atoms with E-state index in [0.29, 0.717) is 0 Å². The molecule has 1 aliphatic heterocycles. The number of methoxy groups -OCH3 is 1. The summed E-state index contributed by atoms with van der Waals surface area (Å²) in [5.41, 5.74) is -0.109. The Morgan fingerprint density at radius 2 is 1.78 bits per heavy atom. The number of halogens is 2. The molecule has 0 unspecified atom stereocenters. The monoisotopic (exact) mass is 339 g/mol. The Kier molecular flexibility index (Phi) is 3.56. The summed E-state index contributed by atoms with van der Waals surface area (Å²) >= 11 is 0. The van der Waals surface area contributed by atoms with Gasteiger partial charge in [-0.2, -0.15) is 0 Å². The lowest BCUT2D eigenvalue weighted by Gasteiger charge is -2.16. The van der Waals surface area contributed by atoms with Crippen molar-refractivity contribution in [2.45, 2.75) is 4.90 Å². The Hall–Kier alpha value is -2.48. The van der Waals surface area contributed by atoms with Crippen molar-refractivity contribution in [1.29, 1.82) is 0 Å². The van der Waals surface area contributed by atoms with Gasteiger partial charge in [0, 0.05) is 5.56 Å². The van der Waals surface area contributed by atoms with E-state index in [1.807, 2.05) is 0 Å². The summed E-state index contributed by atoms with van der Waals surface area (Å²) in [6.45, 7) is 0. The van der Waals surface area contributed by atoms with Gasteiger partial charge in [0.25, 0.3) is 5.91 Å². The summed E-state index contributed by atoms with van der Waals surface area (Å²) in [5.74, 6) is -4.05. The molecular formula is C15H11F2NO4S. The van der Waals surface area contributed by atoms with Crippen LogP contribution in [-0.2, 0) is 9.84 Å². The Morgan fingerprint density at radius 3 is 2.39 bits per heavy atom. The van der Waals surface area contributed by atoms with E-state index in [1.54, 1.807) is 6.07 Å². The fourth-order valence-corrected chi connectivity index (χ4v) is 3.97. The number of ether oxygens (including phenoxy) is 1. The minimum atomic E-state index is -3.65. The fraction of sp³-hybridized carbons (Fsp3) is 0.133. The zero-order chi connectivity index (χ0) is 16.8. The van der Waals surface area contributed by atoms with Gasteiger partial charge in [0.1, 0.15) is 5.88 Å². The molecule has 1 heterocycles. The lowest BCUT2D eigenvalue weighted by Crippen LogP contribution is -2.30. The molecule has 1 amide bonds. The van der Waals surface area contributed by atoms with Crippen molar-refractivity contribution < 1.29 is 26.7 Å². The smallest absolute Gasteiger partial charge is 0.259 e. The molecule has 0 spiro atoms. The highest BCUT2D eigenvalue weighted by molar-refractivity contribution is 7.92. The summed E-state index contributed by atoms with van der Waals surface area (Å²) in [6.07, 6.45) is 0. The number of para-hydroxylation sites is 1. The van der Waals surface area contributed by atoms with Crippen LogP contribution in [0.4, 0.5) is 14.5 Å². The van der Waals surface area contributed by atoms with Gasteiger partial charge in [-0.3, -0.25) is 9.69 Å². The molecule has 1 aliphatic rings. The van der Waals surface area contributed by atoms with E-state index in [-0.39, 0.29) is 16.1 Å². The van der Waals surface area contributed by atoms with Crippen LogP contribution in [0.5, 0.6) is 5.75 Å². The summed E-state index contributed by atoms with van der Waals surface area (Å²) in [5, 5.41) is 0. The van der Waals surface area contributed by atoms with Gasteiger partial charge >= 0.3 is 0 Å². The van der Waals surface area contributed by atoms with Crippen LogP contribution in [-0.4, -0.2) is 27.3 Å². The highest BCUT2D eigenvalue weighted by Gasteiger charge is 2.36. The van der Waals surface area contributed by atoms with Crippen molar-refractivity contribution in [2.75, 3.05) is 17.9 Å². The van der Waals surface area contributed by atoms with Gasteiger partial charge in [-0.1, -0.05) is 12.1 Å². The van der Waals surface area contributed by atoms with Gasteiger partial charge in [-0.25, -0.2) is 17.2 Å². The van der Waals surface area contributed by atoms with E-state index in [4.69, 9.17) is 0 Å². The summed E-state index contributed by atoms with van der Waals surface area (Å²) in [7, 11) is -2.54. The molecule has 23 heavy (non-hydrogen) atoms. The van der Waals surface area contributed by atoms with Crippen molar-refractivity contribution in [3.8, 4) is 5.75 Å². The number of fused-ring (bicyclic) bond motifs is 1. The van der Waals surface area contributed by atoms with Crippen molar-refractivity contribution in [3.63, 3.8) is 0 Å². The minimum Gasteiger partial charge on any atom is -0.491 e. The molecule has 0 N–H and O–H groups in total. The predicted octanol–water partition coefficient (Wildman–Crippen LogP) is 2.37. The molecule has 0 atom stereocenters. The van der Waals surface area contributed by atoms with Crippen molar-refractivity contribution >= 4 is 21.4 Å². The summed E-state index contributed by atoms with van der Waals surface area (Å²) < 4.78 is 56.2. The number of benzene rings is 2. The van der Waals surface area contributed by atoms with E-state index in [9.17, 15) is 22.0 Å². The molecular weight excluding hydrogens is 328 g/mol. The first-order chi connectivity index (χ1) is 10.8. The Morgan fingerprint density at radius 1 is 1.17 bits per heavy atom. The van der Waals surface area contributed by atoms with E-state index < -0.39 is 39.0 Å². The number of nitrogens with zero attached hydrogens (tertiary/aromatic N) is 1. The van der Waals surface area contributed by atoms with Gasteiger partial charge in [-0.05, 0) is 24.3 Å². The topological polar surface area (TPSA) is 63.7 Å². The Balaban J connectivity index is 2.06. The van der Waals surface area contributed by atoms with Crippen molar-refractivity contribution in [2.24, 2.45) is 0 Å². The number of anilines is 1. The third-order valence-corrected chi connectivity index (χ3v) is 5.10. The lowest BCUT2D eigenvalue weighted by molar-refractivity contribution is 0.0990. The number of hydrogen-bond acceptors (Lipinski definition) is 4. The molecule has 0 bridgehead atoms. The fourth-order valence-electron chi connectivity index (χ4n) is 2.45. The molecule has 0 saturated carbocycles. The first-order valence-corrected chi connectivity index (χ1v) is 8.17. The van der Waals surface area contributed by atoms with Crippen LogP contribution in [0, 0.1) is 11.6 Å². The number of carbonyl (C=O) groups is 1. The van der Waals surface area contributed by atoms with Gasteiger partial charge < -0.3 is 4.74 Å². The standard InChI is InChI=1S/C15H11F2NO4S/c1-22-14-10(16)6-9(7-11(14)17)15(19)18-8-23(20,21)13-5-3-2-4-12(13)18/h2-7H,8H2,1H3. The van der Waals surface area contributed by atoms with Crippen molar-refractivity contribution in [3.05, 3.63) is 53.6 Å². The van der Waals surface area contributed by atoms with E-state index >= 15 is 0 Å². The first-order valence-electron chi connectivity index (χ1n) is 6.52. The molecule has 3 rings (SSSR count). The highest BCUT2D eigenvalue weighted by Crippen LogP contribution is 2.35. The number of rotatable bonds is 2. The third-order valence-electron chi connectivity index (χ3n) is 3.48. The second-order valence-corrected chi connectivity index (χ2v) is 6.85. The normalized spacial score (nSPS) is 15.3. The van der Waals surface area contributed by atoms with Crippen LogP contribution in [0.1, 0.15) is 10.4 Å². The zero-order valence-corrected chi connectivity index (χ0v) is 12.7. The number of sulfone groups is 1. The molecule has 5 nitrogen and oxygen atoms in total. The van der Waals surface area contributed by atoms with Crippen LogP contribution >= 0.6 is 0 Å². The van der Waals surface area contributed by atoms with E-state index in [0.717, 1.165) is 24.1 Å². The SMILES string of the molecule is COc1c(F)cc(C(=O)N2CS(=O)(=O)c3ccccc32)cc1F. The Bertz CT molecular complexity index is 888. The van der Waals surface area contributed by atoms with Crippen LogP contribution in [0.15, 0.2) is 41.3 Å². The molecule has 120 valence electrons. The Labute approximate surface area is 131 Å². The molecule has 8 heteroatoms. The average Bonchev–Trinajstić information content (AvgIpc) is 2.78. The summed E-state index contributed by atoms with van der Waals surface area (Å²) in [4.78, 5) is 13.5. The molecule has 0 fully saturated rings. The summed E-state index contributed by atoms with van der Waals surface area (Å²) in [6, 6.07) is 7.60. The van der Waals surface area contributed by atoms with Crippen LogP contribution in [0.25, 0.3) is 0 Å². The van der Waals surface area contributed by atoms with E-state index in [2.05, 4.69) is 4.74 Å². The maximum absolute atomic E-state index is 13.8. The third kappa shape index (κ3) is 2.44. The molecule has 0 aliphatic carbocycles. The van der Waals surface area contributed by atoms with Crippen LogP contribution in [0.2, 0.25) is 0 Å². The molecule has 2 aromatic carbocycles. The van der Waals surface area contributed by atoms with Gasteiger partial charge in [-0.15, -0.1) is 0 Å². The highest BCUT2D eigenvalue weighted by atomic mass is 32.2. The minimum absolute atomic E-state index is 0.0165. The largest absolute Gasteiger partial charge is 0.491 e. The van der Waals surface area contributed by atoms with Crippen LogP contribution in [0.3, 0.4) is 0 Å². The maximum atomic E-state index is 13.8. The van der Waals surface area contributed by atoms with E-state index in [1.165, 1.54) is 18.2 Å². The molecule has 0 aromatic heterocycles. The number of amides is 1. The first kappa shape index (κ1) is 15.4. The zero-order valence-electron chi connectivity index (χ0n) is 11.9. The molecule has 0 radical (unpaired) electrons. The average molecular weight is 339 g/mol. The predicted molar refractivity (Wildman–Crippen MR) is 78.2 cm³/mol. The molecule has 2 aromatic rings. The van der Waals surface area contributed by atoms with Gasteiger partial charge in [0.2, 0.25) is 0 Å². The maximum Gasteiger partial charge on any atom is 0.259 e.